The molecular weight excluding hydrogens is 124 g/mol. The summed E-state index contributed by atoms with van der Waals surface area (Å²) in [6.07, 6.45) is 1.10. The van der Waals surface area contributed by atoms with Crippen LogP contribution in [0.4, 0.5) is 0 Å². The molecule has 0 aromatic carbocycles. The third-order valence-electron chi connectivity index (χ3n) is 0.727. The molecule has 4 nitrogen and oxygen atoms in total. The van der Waals surface area contributed by atoms with Crippen molar-refractivity contribution >= 4 is 5.97 Å². The summed E-state index contributed by atoms with van der Waals surface area (Å²) < 4.78 is 4.32. The normalized spacial score (nSPS) is 9.11. The quantitative estimate of drug-likeness (QED) is 0.267. The Labute approximate surface area is 53.3 Å². The maximum Gasteiger partial charge on any atom is 0.307 e. The molecule has 0 saturated heterocycles. The molecule has 54 valence electrons. The number of carbonyl (C=O) groups is 1. The van der Waals surface area contributed by atoms with Crippen molar-refractivity contribution in [1.29, 1.82) is 0 Å². The fourth-order valence-electron chi connectivity index (χ4n) is 0.368. The van der Waals surface area contributed by atoms with Crippen LogP contribution in [0.2, 0.25) is 0 Å². The molecule has 0 aliphatic rings. The van der Waals surface area contributed by atoms with E-state index in [0.29, 0.717) is 6.42 Å². The fourth-order valence-corrected chi connectivity index (χ4v) is 0.368. The van der Waals surface area contributed by atoms with E-state index in [1.807, 2.05) is 6.92 Å². The van der Waals surface area contributed by atoms with Gasteiger partial charge in [-0.3, -0.25) is 4.79 Å². The summed E-state index contributed by atoms with van der Waals surface area (Å²) in [6.45, 7) is 1.49. The first-order chi connectivity index (χ1) is 4.31. The van der Waals surface area contributed by atoms with E-state index in [1.165, 1.54) is 0 Å². The van der Waals surface area contributed by atoms with Gasteiger partial charge in [0, 0.05) is 6.42 Å². The Bertz CT molecular complexity index is 81.0. The van der Waals surface area contributed by atoms with Gasteiger partial charge in [-0.05, 0) is 6.42 Å². The fraction of sp³-hybridized carbons (Fsp3) is 0.800. The molecule has 4 heteroatoms. The second kappa shape index (κ2) is 5.53. The first-order valence-corrected chi connectivity index (χ1v) is 2.73. The van der Waals surface area contributed by atoms with Gasteiger partial charge in [-0.2, -0.15) is 4.89 Å². The zero-order valence-corrected chi connectivity index (χ0v) is 5.29. The van der Waals surface area contributed by atoms with Crippen LogP contribution in [-0.4, -0.2) is 18.0 Å². The topological polar surface area (TPSA) is 55.8 Å². The van der Waals surface area contributed by atoms with Gasteiger partial charge in [0.05, 0.1) is 0 Å². The highest BCUT2D eigenvalue weighted by atomic mass is 17.1. The largest absolute Gasteiger partial charge is 0.436 e. The van der Waals surface area contributed by atoms with Gasteiger partial charge in [0.2, 0.25) is 6.79 Å². The first kappa shape index (κ1) is 8.39. The summed E-state index contributed by atoms with van der Waals surface area (Å²) in [5.74, 6) is -0.355. The maximum atomic E-state index is 10.4. The van der Waals surface area contributed by atoms with Crippen LogP contribution in [0.3, 0.4) is 0 Å². The minimum absolute atomic E-state index is 0.355. The van der Waals surface area contributed by atoms with Crippen LogP contribution in [0.5, 0.6) is 0 Å². The van der Waals surface area contributed by atoms with Crippen LogP contribution in [0, 0.1) is 0 Å². The Kier molecular flexibility index (Phi) is 5.15. The summed E-state index contributed by atoms with van der Waals surface area (Å²) in [4.78, 5) is 13.9. The zero-order chi connectivity index (χ0) is 7.11. The van der Waals surface area contributed by atoms with Crippen molar-refractivity contribution in [3.63, 3.8) is 0 Å². The Balaban J connectivity index is 3.06. The van der Waals surface area contributed by atoms with Crippen molar-refractivity contribution in [2.45, 2.75) is 19.8 Å². The van der Waals surface area contributed by atoms with E-state index in [9.17, 15) is 4.79 Å². The van der Waals surface area contributed by atoms with Crippen LogP contribution in [0.15, 0.2) is 0 Å². The second-order valence-corrected chi connectivity index (χ2v) is 1.51. The Morgan fingerprint density at radius 1 is 1.67 bits per heavy atom. The van der Waals surface area contributed by atoms with Crippen LogP contribution in [-0.2, 0) is 14.4 Å². The highest BCUT2D eigenvalue weighted by Crippen LogP contribution is 1.89. The first-order valence-electron chi connectivity index (χ1n) is 2.73. The van der Waals surface area contributed by atoms with E-state index in [-0.39, 0.29) is 12.8 Å². The lowest BCUT2D eigenvalue weighted by Gasteiger charge is -1.98. The Morgan fingerprint density at radius 2 is 2.33 bits per heavy atom. The molecule has 0 atom stereocenters. The molecule has 0 bridgehead atoms. The number of hydrogen-bond donors (Lipinski definition) is 1. The third-order valence-corrected chi connectivity index (χ3v) is 0.727. The predicted molar refractivity (Wildman–Crippen MR) is 29.6 cm³/mol. The second-order valence-electron chi connectivity index (χ2n) is 1.51. The summed E-state index contributed by atoms with van der Waals surface area (Å²) >= 11 is 0. The van der Waals surface area contributed by atoms with E-state index >= 15 is 0 Å². The average molecular weight is 134 g/mol. The molecule has 0 spiro atoms. The molecule has 0 aromatic rings. The number of hydrogen-bond acceptors (Lipinski definition) is 4. The van der Waals surface area contributed by atoms with Crippen molar-refractivity contribution < 1.29 is 19.7 Å². The van der Waals surface area contributed by atoms with Crippen LogP contribution in [0.1, 0.15) is 19.8 Å². The molecule has 0 fully saturated rings. The van der Waals surface area contributed by atoms with Gasteiger partial charge in [0.25, 0.3) is 0 Å². The highest BCUT2D eigenvalue weighted by Gasteiger charge is 1.97. The van der Waals surface area contributed by atoms with Gasteiger partial charge in [-0.1, -0.05) is 6.92 Å². The monoisotopic (exact) mass is 134 g/mol. The van der Waals surface area contributed by atoms with Gasteiger partial charge in [-0.15, -0.1) is 0 Å². The molecule has 0 radical (unpaired) electrons. The average Bonchev–Trinajstić information content (AvgIpc) is 1.85. The lowest BCUT2D eigenvalue weighted by Crippen LogP contribution is -2.05. The SMILES string of the molecule is CCCC(=O)OCOO. The van der Waals surface area contributed by atoms with E-state index in [1.54, 1.807) is 0 Å². The lowest BCUT2D eigenvalue weighted by molar-refractivity contribution is -0.289. The number of rotatable bonds is 4. The summed E-state index contributed by atoms with van der Waals surface area (Å²) in [6, 6.07) is 0. The molecule has 0 saturated carbocycles. The van der Waals surface area contributed by atoms with Crippen molar-refractivity contribution in [2.75, 3.05) is 6.79 Å². The maximum absolute atomic E-state index is 10.4. The molecule has 9 heavy (non-hydrogen) atoms. The Morgan fingerprint density at radius 3 is 2.78 bits per heavy atom. The standard InChI is InChI=1S/C5H10O4/c1-2-3-5(6)8-4-9-7/h7H,2-4H2,1H3. The van der Waals surface area contributed by atoms with Gasteiger partial charge in [-0.25, -0.2) is 5.26 Å². The van der Waals surface area contributed by atoms with E-state index in [2.05, 4.69) is 9.62 Å². The minimum Gasteiger partial charge on any atom is -0.436 e. The van der Waals surface area contributed by atoms with Gasteiger partial charge < -0.3 is 4.74 Å². The summed E-state index contributed by atoms with van der Waals surface area (Å²) in [7, 11) is 0. The van der Waals surface area contributed by atoms with Crippen LogP contribution < -0.4 is 0 Å². The number of carbonyl (C=O) groups excluding carboxylic acids is 1. The molecular formula is C5H10O4. The predicted octanol–water partition coefficient (Wildman–Crippen LogP) is 0.777. The number of esters is 1. The summed E-state index contributed by atoms with van der Waals surface area (Å²) in [5.41, 5.74) is 0. The molecule has 0 aliphatic heterocycles. The van der Waals surface area contributed by atoms with Gasteiger partial charge in [0.15, 0.2) is 0 Å². The zero-order valence-electron chi connectivity index (χ0n) is 5.29. The van der Waals surface area contributed by atoms with E-state index in [4.69, 9.17) is 5.26 Å². The van der Waals surface area contributed by atoms with Crippen molar-refractivity contribution in [3.05, 3.63) is 0 Å². The smallest absolute Gasteiger partial charge is 0.307 e. The van der Waals surface area contributed by atoms with Crippen LogP contribution in [0.25, 0.3) is 0 Å². The van der Waals surface area contributed by atoms with Crippen molar-refractivity contribution in [2.24, 2.45) is 0 Å². The molecule has 0 aliphatic carbocycles. The van der Waals surface area contributed by atoms with Gasteiger partial charge >= 0.3 is 5.97 Å². The third kappa shape index (κ3) is 5.26. The molecule has 0 unspecified atom stereocenters. The molecule has 1 N–H and O–H groups in total. The van der Waals surface area contributed by atoms with Gasteiger partial charge in [0.1, 0.15) is 0 Å². The van der Waals surface area contributed by atoms with Crippen LogP contribution >= 0.6 is 0 Å². The molecule has 0 rings (SSSR count). The van der Waals surface area contributed by atoms with E-state index < -0.39 is 0 Å². The van der Waals surface area contributed by atoms with E-state index in [0.717, 1.165) is 6.42 Å². The molecule has 0 amide bonds. The highest BCUT2D eigenvalue weighted by molar-refractivity contribution is 5.69. The number of ether oxygens (including phenoxy) is 1. The summed E-state index contributed by atoms with van der Waals surface area (Å²) in [5, 5.41) is 7.71. The molecule has 0 heterocycles. The minimum atomic E-state index is -0.376. The lowest BCUT2D eigenvalue weighted by atomic mass is 10.3. The van der Waals surface area contributed by atoms with Crippen molar-refractivity contribution in [3.8, 4) is 0 Å². The Hall–Kier alpha value is -0.610. The van der Waals surface area contributed by atoms with Crippen molar-refractivity contribution in [1.82, 2.24) is 0 Å². The molecule has 0 aromatic heterocycles.